The SMILES string of the molecule is CC(=O)N[C@@H](CCCCN)C(=O)N[C@@H](C)C(=O)N[C@@H](CC(=O)O)C(=O)N[C@@H](C)C(=O)N[C@@H](C)C(=O)N[C@@H](Cc1cnc[nH]1)C(=O)N[C@@H](C)C(=O)N[C@@H](CCCCN)C(=O)N[C@@H](C)C(=O)N[C@@H](CCC(=O)O)C(=O)N[C@@H](C)C(N)=O. The highest BCUT2D eigenvalue weighted by molar-refractivity contribution is 5.99. The Balaban J connectivity index is 3.10. The number of nitrogens with one attached hydrogen (secondary N) is 12. The topological polar surface area (TPSA) is 519 Å². The van der Waals surface area contributed by atoms with Crippen molar-refractivity contribution in [1.29, 1.82) is 0 Å². The van der Waals surface area contributed by atoms with Gasteiger partial charge in [0, 0.05) is 31.7 Å². The normalized spacial score (nSPS) is 15.1. The summed E-state index contributed by atoms with van der Waals surface area (Å²) in [5.41, 5.74) is 16.7. The van der Waals surface area contributed by atoms with Gasteiger partial charge in [-0.3, -0.25) is 67.1 Å². The molecular formula is C47H78N16O16. The van der Waals surface area contributed by atoms with E-state index in [0.29, 0.717) is 37.9 Å². The molecule has 0 aromatic carbocycles. The fraction of sp³-hybridized carbons (Fsp3) is 0.638. The fourth-order valence-electron chi connectivity index (χ4n) is 7.01. The Morgan fingerprint density at radius 2 is 0.797 bits per heavy atom. The highest BCUT2D eigenvalue weighted by Gasteiger charge is 2.34. The van der Waals surface area contributed by atoms with Crippen LogP contribution in [0.5, 0.6) is 0 Å². The van der Waals surface area contributed by atoms with Crippen molar-refractivity contribution in [1.82, 2.24) is 68.5 Å². The lowest BCUT2D eigenvalue weighted by Crippen LogP contribution is -2.60. The summed E-state index contributed by atoms with van der Waals surface area (Å²) in [7, 11) is 0. The van der Waals surface area contributed by atoms with Crippen molar-refractivity contribution in [3.05, 3.63) is 18.2 Å². The number of hydrogen-bond acceptors (Lipinski definition) is 17. The van der Waals surface area contributed by atoms with Gasteiger partial charge in [0.05, 0.1) is 12.7 Å². The van der Waals surface area contributed by atoms with Gasteiger partial charge in [-0.1, -0.05) is 0 Å². The van der Waals surface area contributed by atoms with E-state index < -0.39 is 162 Å². The van der Waals surface area contributed by atoms with Gasteiger partial charge in [0.15, 0.2) is 0 Å². The third-order valence-electron chi connectivity index (χ3n) is 11.7. The van der Waals surface area contributed by atoms with Crippen molar-refractivity contribution >= 4 is 82.8 Å². The minimum atomic E-state index is -1.76. The average Bonchev–Trinajstić information content (AvgIpc) is 3.89. The summed E-state index contributed by atoms with van der Waals surface area (Å²) in [6, 6.07) is -15.1. The Morgan fingerprint density at radius 1 is 0.456 bits per heavy atom. The monoisotopic (exact) mass is 1120 g/mol. The molecule has 1 rings (SSSR count). The lowest BCUT2D eigenvalue weighted by atomic mass is 10.1. The van der Waals surface area contributed by atoms with E-state index >= 15 is 0 Å². The van der Waals surface area contributed by atoms with Crippen molar-refractivity contribution in [2.75, 3.05) is 13.1 Å². The Hall–Kier alpha value is -8.29. The molecule has 79 heavy (non-hydrogen) atoms. The van der Waals surface area contributed by atoms with E-state index in [4.69, 9.17) is 22.3 Å². The van der Waals surface area contributed by atoms with Crippen LogP contribution < -0.4 is 75.7 Å². The highest BCUT2D eigenvalue weighted by atomic mass is 16.4. The molecule has 442 valence electrons. The predicted molar refractivity (Wildman–Crippen MR) is 277 cm³/mol. The highest BCUT2D eigenvalue weighted by Crippen LogP contribution is 2.07. The number of amides is 12. The summed E-state index contributed by atoms with van der Waals surface area (Å²) >= 11 is 0. The minimum absolute atomic E-state index is 0.00260. The lowest BCUT2D eigenvalue weighted by Gasteiger charge is -2.26. The Kier molecular flexibility index (Phi) is 30.6. The van der Waals surface area contributed by atoms with Gasteiger partial charge in [-0.15, -0.1) is 0 Å². The van der Waals surface area contributed by atoms with Crippen LogP contribution in [-0.4, -0.2) is 183 Å². The van der Waals surface area contributed by atoms with Crippen molar-refractivity contribution in [2.24, 2.45) is 17.2 Å². The molecule has 0 aliphatic carbocycles. The molecule has 12 amide bonds. The van der Waals surface area contributed by atoms with Crippen LogP contribution >= 0.6 is 0 Å². The number of carboxylic acids is 2. The van der Waals surface area contributed by atoms with Gasteiger partial charge in [-0.25, -0.2) is 4.98 Å². The van der Waals surface area contributed by atoms with Crippen molar-refractivity contribution in [3.8, 4) is 0 Å². The van der Waals surface area contributed by atoms with Crippen LogP contribution in [0.25, 0.3) is 0 Å². The smallest absolute Gasteiger partial charge is 0.305 e. The van der Waals surface area contributed by atoms with Gasteiger partial charge in [0.2, 0.25) is 70.9 Å². The second-order valence-electron chi connectivity index (χ2n) is 18.7. The number of aromatic nitrogens is 2. The Morgan fingerprint density at radius 3 is 1.16 bits per heavy atom. The van der Waals surface area contributed by atoms with Crippen molar-refractivity contribution < 1.29 is 77.3 Å². The van der Waals surface area contributed by atoms with Crippen LogP contribution in [0.3, 0.4) is 0 Å². The van der Waals surface area contributed by atoms with E-state index in [9.17, 15) is 72.2 Å². The molecule has 11 atom stereocenters. The number of unbranched alkanes of at least 4 members (excludes halogenated alkanes) is 2. The van der Waals surface area contributed by atoms with Crippen LogP contribution in [0.1, 0.15) is 112 Å². The molecule has 0 saturated heterocycles. The van der Waals surface area contributed by atoms with Gasteiger partial charge in [0.1, 0.15) is 66.5 Å². The molecular weight excluding hydrogens is 1040 g/mol. The molecule has 0 aliphatic rings. The van der Waals surface area contributed by atoms with E-state index in [1.807, 2.05) is 0 Å². The number of aromatic amines is 1. The first kappa shape index (κ1) is 68.7. The number of nitrogens with two attached hydrogens (primary N) is 3. The minimum Gasteiger partial charge on any atom is -0.481 e. The van der Waals surface area contributed by atoms with Gasteiger partial charge >= 0.3 is 11.9 Å². The quantitative estimate of drug-likeness (QED) is 0.0276. The van der Waals surface area contributed by atoms with E-state index in [1.54, 1.807) is 0 Å². The number of imidazole rings is 1. The van der Waals surface area contributed by atoms with Crippen molar-refractivity contribution in [3.63, 3.8) is 0 Å². The van der Waals surface area contributed by atoms with Gasteiger partial charge in [-0.05, 0) is 99.6 Å². The fourth-order valence-corrected chi connectivity index (χ4v) is 7.01. The summed E-state index contributed by atoms with van der Waals surface area (Å²) in [4.78, 5) is 186. The zero-order valence-corrected chi connectivity index (χ0v) is 45.3. The molecule has 0 saturated carbocycles. The molecule has 0 fully saturated rings. The van der Waals surface area contributed by atoms with Crippen LogP contribution in [-0.2, 0) is 73.5 Å². The maximum Gasteiger partial charge on any atom is 0.305 e. The van der Waals surface area contributed by atoms with Crippen LogP contribution in [0.4, 0.5) is 0 Å². The van der Waals surface area contributed by atoms with E-state index in [0.717, 1.165) is 0 Å². The number of hydrogen-bond donors (Lipinski definition) is 17. The molecule has 0 radical (unpaired) electrons. The van der Waals surface area contributed by atoms with Gasteiger partial charge in [-0.2, -0.15) is 0 Å². The zero-order chi connectivity index (χ0) is 60.1. The standard InChI is InChI=1S/C47H78N16O16/c1-22(37(50)69)53-45(77)32(14-15-35(65)66)61-40(72)25(4)56-44(76)31(13-9-11-17-49)60-39(71)26(5)58-46(78)33(18-29-20-51-21-52-29)62-41(73)24(3)54-38(70)23(2)57-47(79)34(19-36(67)68)63-42(74)27(6)55-43(75)30(59-28(7)64)12-8-10-16-48/h20-27,30-34H,8-19,48-49H2,1-7H3,(H2,50,69)(H,51,52)(H,53,77)(H,54,70)(H,55,75)(H,56,76)(H,57,79)(H,58,78)(H,59,64)(H,60,71)(H,61,72)(H,62,73)(H,63,74)(H,65,66)(H,67,68)/t22-,23-,24-,25-,26-,27-,30-,31-,32-,33-,34-/m0/s1. The third-order valence-corrected chi connectivity index (χ3v) is 11.7. The maximum atomic E-state index is 13.8. The van der Waals surface area contributed by atoms with Crippen LogP contribution in [0, 0.1) is 0 Å². The van der Waals surface area contributed by atoms with Gasteiger partial charge in [0.25, 0.3) is 0 Å². The molecule has 32 nitrogen and oxygen atoms in total. The first-order valence-electron chi connectivity index (χ1n) is 25.4. The number of carbonyl (C=O) groups is 14. The predicted octanol–water partition coefficient (Wildman–Crippen LogP) is -6.49. The number of primary amides is 1. The molecule has 32 heteroatoms. The lowest BCUT2D eigenvalue weighted by molar-refractivity contribution is -0.141. The number of carbonyl (C=O) groups excluding carboxylic acids is 12. The number of H-pyrrole nitrogens is 1. The second kappa shape index (κ2) is 35.2. The molecule has 0 unspecified atom stereocenters. The molecule has 0 spiro atoms. The zero-order valence-electron chi connectivity index (χ0n) is 45.3. The number of carboxylic acid groups (broad SMARTS) is 2. The second-order valence-corrected chi connectivity index (χ2v) is 18.7. The van der Waals surface area contributed by atoms with Crippen LogP contribution in [0.2, 0.25) is 0 Å². The van der Waals surface area contributed by atoms with Gasteiger partial charge < -0.3 is 90.9 Å². The Labute approximate surface area is 455 Å². The largest absolute Gasteiger partial charge is 0.481 e. The molecule has 1 aromatic heterocycles. The molecule has 20 N–H and O–H groups in total. The summed E-state index contributed by atoms with van der Waals surface area (Å²) in [6.45, 7) is 9.27. The summed E-state index contributed by atoms with van der Waals surface area (Å²) in [5.74, 6) is -13.4. The molecule has 0 aliphatic heterocycles. The maximum absolute atomic E-state index is 13.8. The first-order chi connectivity index (χ1) is 37.0. The summed E-state index contributed by atoms with van der Waals surface area (Å²) in [5, 5.41) is 44.9. The Bertz CT molecular complexity index is 2300. The molecule has 1 aromatic rings. The van der Waals surface area contributed by atoms with Crippen molar-refractivity contribution in [2.45, 2.75) is 179 Å². The summed E-state index contributed by atoms with van der Waals surface area (Å²) in [6.07, 6.45) is 2.52. The number of aliphatic carboxylic acids is 2. The van der Waals surface area contributed by atoms with E-state index in [2.05, 4.69) is 68.5 Å². The van der Waals surface area contributed by atoms with E-state index in [1.165, 1.54) is 61.0 Å². The van der Waals surface area contributed by atoms with E-state index in [-0.39, 0.29) is 32.2 Å². The summed E-state index contributed by atoms with van der Waals surface area (Å²) < 4.78 is 0. The first-order valence-corrected chi connectivity index (χ1v) is 25.4. The number of rotatable bonds is 37. The number of nitrogens with zero attached hydrogens (tertiary/aromatic N) is 1. The molecule has 0 bridgehead atoms. The molecule has 1 heterocycles. The van der Waals surface area contributed by atoms with Crippen LogP contribution in [0.15, 0.2) is 12.5 Å². The third kappa shape index (κ3) is 26.6. The average molecular weight is 1120 g/mol.